The first-order valence-corrected chi connectivity index (χ1v) is 15.2. The molecule has 1 atom stereocenters. The number of rotatable bonds is 8. The maximum Gasteiger partial charge on any atom is 0.283 e. The van der Waals surface area contributed by atoms with E-state index in [2.05, 4.69) is 20.3 Å². The number of allylic oxidation sites excluding steroid dienone is 1. The molecule has 0 unspecified atom stereocenters. The van der Waals surface area contributed by atoms with Crippen LogP contribution in [0.2, 0.25) is 0 Å². The predicted octanol–water partition coefficient (Wildman–Crippen LogP) is 4.73. The van der Waals surface area contributed by atoms with Gasteiger partial charge >= 0.3 is 0 Å². The van der Waals surface area contributed by atoms with Gasteiger partial charge in [0.2, 0.25) is 0 Å². The molecule has 11 nitrogen and oxygen atoms in total. The highest BCUT2D eigenvalue weighted by molar-refractivity contribution is 7.99. The van der Waals surface area contributed by atoms with Crippen molar-refractivity contribution in [3.05, 3.63) is 143 Å². The highest BCUT2D eigenvalue weighted by Gasteiger charge is 2.33. The summed E-state index contributed by atoms with van der Waals surface area (Å²) in [6.45, 7) is 1.74. The number of nitro groups is 1. The van der Waals surface area contributed by atoms with Crippen LogP contribution in [-0.4, -0.2) is 32.5 Å². The van der Waals surface area contributed by atoms with Gasteiger partial charge in [0.05, 0.1) is 38.8 Å². The van der Waals surface area contributed by atoms with Crippen LogP contribution in [0.5, 0.6) is 5.75 Å². The molecule has 1 N–H and O–H groups in total. The lowest BCUT2D eigenvalue weighted by molar-refractivity contribution is -0.387. The number of nitrogens with zero attached hydrogens (tertiary/aromatic N) is 5. The summed E-state index contributed by atoms with van der Waals surface area (Å²) in [4.78, 5) is 53.0. The Balaban J connectivity index is 1.45. The van der Waals surface area contributed by atoms with Gasteiger partial charge in [-0.05, 0) is 72.3 Å². The van der Waals surface area contributed by atoms with Gasteiger partial charge in [0, 0.05) is 24.1 Å². The van der Waals surface area contributed by atoms with E-state index in [1.54, 1.807) is 81.0 Å². The van der Waals surface area contributed by atoms with Crippen LogP contribution in [0.3, 0.4) is 0 Å². The fourth-order valence-electron chi connectivity index (χ4n) is 4.90. The summed E-state index contributed by atoms with van der Waals surface area (Å²) in [6, 6.07) is 21.8. The fraction of sp³-hybridized carbons (Fsp3) is 0.0938. The van der Waals surface area contributed by atoms with Gasteiger partial charge < -0.3 is 10.1 Å². The molecule has 0 aliphatic carbocycles. The molecule has 5 aromatic rings. The summed E-state index contributed by atoms with van der Waals surface area (Å²) in [5.41, 5.74) is 1.97. The fourth-order valence-corrected chi connectivity index (χ4v) is 6.74. The van der Waals surface area contributed by atoms with Crippen molar-refractivity contribution in [1.29, 1.82) is 0 Å². The van der Waals surface area contributed by atoms with E-state index >= 15 is 0 Å². The van der Waals surface area contributed by atoms with Crippen LogP contribution in [0.25, 0.3) is 6.08 Å². The van der Waals surface area contributed by atoms with Gasteiger partial charge in [0.15, 0.2) is 9.96 Å². The highest BCUT2D eigenvalue weighted by Crippen LogP contribution is 2.34. The topological polar surface area (TPSA) is 142 Å². The molecule has 0 spiro atoms. The van der Waals surface area contributed by atoms with E-state index in [4.69, 9.17) is 4.74 Å². The van der Waals surface area contributed by atoms with Crippen LogP contribution in [0, 0.1) is 10.1 Å². The largest absolute Gasteiger partial charge is 0.497 e. The zero-order valence-corrected chi connectivity index (χ0v) is 25.5. The van der Waals surface area contributed by atoms with E-state index in [9.17, 15) is 19.7 Å². The van der Waals surface area contributed by atoms with Gasteiger partial charge in [0.1, 0.15) is 5.75 Å². The average Bonchev–Trinajstić information content (AvgIpc) is 3.35. The van der Waals surface area contributed by atoms with Crippen molar-refractivity contribution in [2.24, 2.45) is 4.99 Å². The van der Waals surface area contributed by atoms with Gasteiger partial charge in [-0.3, -0.25) is 24.3 Å². The van der Waals surface area contributed by atoms with E-state index in [1.807, 2.05) is 24.3 Å². The molecule has 13 heteroatoms. The highest BCUT2D eigenvalue weighted by atomic mass is 32.2. The summed E-state index contributed by atoms with van der Waals surface area (Å²) in [5.74, 6) is 0.175. The lowest BCUT2D eigenvalue weighted by Crippen LogP contribution is -2.40. The molecule has 3 aromatic carbocycles. The third-order valence-corrected chi connectivity index (χ3v) is 8.87. The summed E-state index contributed by atoms with van der Waals surface area (Å²) in [5, 5.41) is 15.3. The molecule has 1 aliphatic rings. The van der Waals surface area contributed by atoms with E-state index in [0.29, 0.717) is 53.2 Å². The lowest BCUT2D eigenvalue weighted by Gasteiger charge is -2.25. The van der Waals surface area contributed by atoms with Gasteiger partial charge in [0.25, 0.3) is 17.2 Å². The van der Waals surface area contributed by atoms with Crippen LogP contribution in [0.15, 0.2) is 122 Å². The normalized spacial score (nSPS) is 14.4. The molecule has 6 rings (SSSR count). The Morgan fingerprint density at radius 1 is 1.07 bits per heavy atom. The number of thiazole rings is 1. The second kappa shape index (κ2) is 12.7. The smallest absolute Gasteiger partial charge is 0.283 e. The molecular weight excluding hydrogens is 613 g/mol. The minimum atomic E-state index is -0.804. The molecule has 45 heavy (non-hydrogen) atoms. The Bertz CT molecular complexity index is 2150. The van der Waals surface area contributed by atoms with Crippen molar-refractivity contribution in [2.45, 2.75) is 23.0 Å². The number of anilines is 1. The number of nitrogens with one attached hydrogen (secondary N) is 1. The van der Waals surface area contributed by atoms with Gasteiger partial charge in [-0.15, -0.1) is 0 Å². The molecule has 0 saturated carbocycles. The number of aromatic nitrogens is 3. The molecule has 0 bridgehead atoms. The van der Waals surface area contributed by atoms with Crippen molar-refractivity contribution >= 4 is 46.5 Å². The maximum absolute atomic E-state index is 14.1. The Morgan fingerprint density at radius 2 is 1.84 bits per heavy atom. The molecule has 1 amide bonds. The quantitative estimate of drug-likeness (QED) is 0.146. The summed E-state index contributed by atoms with van der Waals surface area (Å²) >= 11 is 2.22. The standard InChI is InChI=1S/C32H24N6O5S2/c1-19-27(29(39)36-22-9-4-3-5-10-22)28(21-8-6-11-23(18-21)43-2)37-30(40)26(45-32(37)35-19)17-20-12-13-25(24(16-20)38(41)42)44-31-33-14-7-15-34-31/h3-18,28H,1-2H3,(H,36,39)/b26-17+/t28-/m0/s1. The number of hydrogen-bond acceptors (Lipinski definition) is 10. The minimum Gasteiger partial charge on any atom is -0.497 e. The average molecular weight is 637 g/mol. The number of hydrogen-bond donors (Lipinski definition) is 1. The molecule has 1 aliphatic heterocycles. The number of nitro benzene ring substituents is 1. The number of carbonyl (C=O) groups excluding carboxylic acids is 1. The first-order chi connectivity index (χ1) is 21.8. The molecule has 0 saturated heterocycles. The number of fused-ring (bicyclic) bond motifs is 1. The SMILES string of the molecule is COc1cccc([C@H]2C(C(=O)Nc3ccccc3)=C(C)N=c3s/c(=C/c4ccc(Sc5ncccn5)c([N+](=O)[O-])c4)c(=O)n32)c1. The van der Waals surface area contributed by atoms with Gasteiger partial charge in [-0.25, -0.2) is 15.0 Å². The minimum absolute atomic E-state index is 0.140. The van der Waals surface area contributed by atoms with Crippen LogP contribution in [-0.2, 0) is 4.79 Å². The van der Waals surface area contributed by atoms with Gasteiger partial charge in [-0.1, -0.05) is 47.7 Å². The third kappa shape index (κ3) is 6.16. The molecule has 224 valence electrons. The molecule has 3 heterocycles. The van der Waals surface area contributed by atoms with Crippen LogP contribution in [0.4, 0.5) is 11.4 Å². The lowest BCUT2D eigenvalue weighted by atomic mass is 9.95. The summed E-state index contributed by atoms with van der Waals surface area (Å²) in [6.07, 6.45) is 4.72. The monoisotopic (exact) mass is 636 g/mol. The Labute approximate surface area is 264 Å². The molecule has 0 fully saturated rings. The number of benzene rings is 3. The summed E-state index contributed by atoms with van der Waals surface area (Å²) < 4.78 is 7.24. The number of para-hydroxylation sites is 1. The predicted molar refractivity (Wildman–Crippen MR) is 171 cm³/mol. The Kier molecular flexibility index (Phi) is 8.36. The van der Waals surface area contributed by atoms with E-state index in [0.717, 1.165) is 23.1 Å². The molecule has 2 aromatic heterocycles. The zero-order valence-electron chi connectivity index (χ0n) is 23.9. The van der Waals surface area contributed by atoms with Crippen LogP contribution in [0.1, 0.15) is 24.1 Å². The Hall–Kier alpha value is -5.40. The maximum atomic E-state index is 14.1. The van der Waals surface area contributed by atoms with E-state index < -0.39 is 16.9 Å². The van der Waals surface area contributed by atoms with Crippen LogP contribution >= 0.6 is 23.1 Å². The van der Waals surface area contributed by atoms with Crippen molar-refractivity contribution in [3.63, 3.8) is 0 Å². The first kappa shape index (κ1) is 29.7. The number of ether oxygens (including phenoxy) is 1. The first-order valence-electron chi connectivity index (χ1n) is 13.6. The zero-order chi connectivity index (χ0) is 31.5. The number of amides is 1. The summed E-state index contributed by atoms with van der Waals surface area (Å²) in [7, 11) is 1.55. The van der Waals surface area contributed by atoms with Crippen LogP contribution < -0.4 is 24.9 Å². The van der Waals surface area contributed by atoms with Gasteiger partial charge in [-0.2, -0.15) is 0 Å². The Morgan fingerprint density at radius 3 is 2.58 bits per heavy atom. The molecular formula is C32H24N6O5S2. The van der Waals surface area contributed by atoms with Crippen molar-refractivity contribution in [2.75, 3.05) is 12.4 Å². The number of carbonyl (C=O) groups is 1. The second-order valence-electron chi connectivity index (χ2n) is 9.80. The van der Waals surface area contributed by atoms with Crippen molar-refractivity contribution < 1.29 is 14.5 Å². The van der Waals surface area contributed by atoms with Crippen molar-refractivity contribution in [1.82, 2.24) is 14.5 Å². The second-order valence-corrected chi connectivity index (χ2v) is 11.8. The number of methoxy groups -OCH3 is 1. The third-order valence-electron chi connectivity index (χ3n) is 6.93. The van der Waals surface area contributed by atoms with E-state index in [1.165, 1.54) is 10.6 Å². The van der Waals surface area contributed by atoms with E-state index in [-0.39, 0.29) is 11.2 Å². The molecule has 0 radical (unpaired) electrons. The van der Waals surface area contributed by atoms with Crippen molar-refractivity contribution in [3.8, 4) is 5.75 Å².